The second kappa shape index (κ2) is 12.9. The van der Waals surface area contributed by atoms with Gasteiger partial charge in [-0.3, -0.25) is 0 Å². The van der Waals surface area contributed by atoms with Gasteiger partial charge in [0.1, 0.15) is 17.6 Å². The SMILES string of the molecule is C=CN=C(OC1C2COCC1CN(C(=O)OC(C)C)C2)C(F)=C(Oc1ccc(C#N)cc1Cl)C(C)CC. The second-order valence-corrected chi connectivity index (χ2v) is 9.85. The summed E-state index contributed by atoms with van der Waals surface area (Å²) in [6.07, 6.45) is 0.736. The van der Waals surface area contributed by atoms with Gasteiger partial charge < -0.3 is 23.8 Å². The summed E-state index contributed by atoms with van der Waals surface area (Å²) in [5.41, 5.74) is 0.363. The second-order valence-electron chi connectivity index (χ2n) is 9.44. The smallest absolute Gasteiger partial charge is 0.410 e. The van der Waals surface area contributed by atoms with Crippen LogP contribution in [0.25, 0.3) is 0 Å². The van der Waals surface area contributed by atoms with E-state index in [1.165, 1.54) is 18.3 Å². The first-order valence-corrected chi connectivity index (χ1v) is 12.7. The van der Waals surface area contributed by atoms with E-state index in [0.29, 0.717) is 38.3 Å². The largest absolute Gasteiger partial charge is 0.471 e. The Labute approximate surface area is 222 Å². The fraction of sp³-hybridized carbons (Fsp3) is 0.519. The molecule has 1 aromatic carbocycles. The summed E-state index contributed by atoms with van der Waals surface area (Å²) in [6.45, 7) is 12.4. The number of allylic oxidation sites excluding steroid dienone is 1. The van der Waals surface area contributed by atoms with E-state index in [4.69, 9.17) is 35.8 Å². The van der Waals surface area contributed by atoms with E-state index in [1.807, 2.05) is 19.9 Å². The number of piperidine rings is 1. The van der Waals surface area contributed by atoms with Crippen molar-refractivity contribution < 1.29 is 28.1 Å². The molecule has 0 aromatic heterocycles. The van der Waals surface area contributed by atoms with Gasteiger partial charge in [0.05, 0.1) is 36.0 Å². The number of hydrogen-bond donors (Lipinski definition) is 0. The summed E-state index contributed by atoms with van der Waals surface area (Å²) in [7, 11) is 0. The zero-order valence-electron chi connectivity index (χ0n) is 21.6. The molecule has 0 radical (unpaired) electrons. The first-order valence-electron chi connectivity index (χ1n) is 12.3. The molecule has 0 saturated carbocycles. The lowest BCUT2D eigenvalue weighted by Crippen LogP contribution is -2.58. The summed E-state index contributed by atoms with van der Waals surface area (Å²) < 4.78 is 39.2. The Morgan fingerprint density at radius 2 is 2.03 bits per heavy atom. The minimum Gasteiger partial charge on any atom is -0.471 e. The Balaban J connectivity index is 1.88. The highest BCUT2D eigenvalue weighted by Crippen LogP contribution is 2.34. The maximum Gasteiger partial charge on any atom is 0.410 e. The predicted molar refractivity (Wildman–Crippen MR) is 138 cm³/mol. The topological polar surface area (TPSA) is 93.4 Å². The Morgan fingerprint density at radius 3 is 2.57 bits per heavy atom. The lowest BCUT2D eigenvalue weighted by molar-refractivity contribution is -0.114. The Hall–Kier alpha value is -3.09. The quantitative estimate of drug-likeness (QED) is 0.236. The predicted octanol–water partition coefficient (Wildman–Crippen LogP) is 5.87. The van der Waals surface area contributed by atoms with Gasteiger partial charge in [-0.1, -0.05) is 32.0 Å². The summed E-state index contributed by atoms with van der Waals surface area (Å²) in [4.78, 5) is 18.2. The molecule has 8 nitrogen and oxygen atoms in total. The maximum atomic E-state index is 16.0. The van der Waals surface area contributed by atoms with Gasteiger partial charge in [0.25, 0.3) is 5.90 Å². The van der Waals surface area contributed by atoms with Crippen LogP contribution in [0.1, 0.15) is 39.7 Å². The molecule has 0 spiro atoms. The molecule has 2 saturated heterocycles. The molecule has 0 aliphatic carbocycles. The van der Waals surface area contributed by atoms with E-state index in [9.17, 15) is 4.79 Å². The highest BCUT2D eigenvalue weighted by Gasteiger charge is 2.45. The Kier molecular flexibility index (Phi) is 9.95. The van der Waals surface area contributed by atoms with Crippen molar-refractivity contribution in [3.8, 4) is 11.8 Å². The molecule has 10 heteroatoms. The van der Waals surface area contributed by atoms with Crippen LogP contribution in [0, 0.1) is 29.1 Å². The molecule has 2 aliphatic heterocycles. The molecule has 3 atom stereocenters. The monoisotopic (exact) mass is 533 g/mol. The molecule has 2 fully saturated rings. The number of nitriles is 1. The van der Waals surface area contributed by atoms with Crippen LogP contribution < -0.4 is 4.74 Å². The molecule has 0 N–H and O–H groups in total. The number of carbonyl (C=O) groups is 1. The average molecular weight is 534 g/mol. The van der Waals surface area contributed by atoms with Crippen molar-refractivity contribution >= 4 is 23.6 Å². The zero-order chi connectivity index (χ0) is 27.1. The summed E-state index contributed by atoms with van der Waals surface area (Å²) in [5.74, 6) is -1.53. The molecule has 2 aliphatic rings. The molecule has 1 amide bonds. The fourth-order valence-corrected chi connectivity index (χ4v) is 4.51. The van der Waals surface area contributed by atoms with Crippen LogP contribution in [0.4, 0.5) is 9.18 Å². The summed E-state index contributed by atoms with van der Waals surface area (Å²) >= 11 is 6.28. The molecule has 2 heterocycles. The minimum absolute atomic E-state index is 0.00839. The van der Waals surface area contributed by atoms with E-state index in [1.54, 1.807) is 24.8 Å². The van der Waals surface area contributed by atoms with Crippen molar-refractivity contribution in [2.45, 2.75) is 46.3 Å². The van der Waals surface area contributed by atoms with E-state index < -0.39 is 11.9 Å². The summed E-state index contributed by atoms with van der Waals surface area (Å²) in [6, 6.07) is 6.53. The van der Waals surface area contributed by atoms with Crippen molar-refractivity contribution in [3.05, 3.63) is 53.2 Å². The van der Waals surface area contributed by atoms with Gasteiger partial charge >= 0.3 is 6.09 Å². The van der Waals surface area contributed by atoms with Gasteiger partial charge in [0, 0.05) is 37.0 Å². The molecular weight excluding hydrogens is 501 g/mol. The number of hydrogen-bond acceptors (Lipinski definition) is 7. The Morgan fingerprint density at radius 1 is 1.35 bits per heavy atom. The number of benzene rings is 1. The molecule has 200 valence electrons. The van der Waals surface area contributed by atoms with Crippen molar-refractivity contribution in [3.63, 3.8) is 0 Å². The highest BCUT2D eigenvalue weighted by atomic mass is 35.5. The third-order valence-electron chi connectivity index (χ3n) is 6.30. The van der Waals surface area contributed by atoms with E-state index >= 15 is 4.39 Å². The zero-order valence-corrected chi connectivity index (χ0v) is 22.3. The van der Waals surface area contributed by atoms with Gasteiger partial charge in [0.2, 0.25) is 5.83 Å². The van der Waals surface area contributed by atoms with Crippen LogP contribution in [-0.4, -0.2) is 55.4 Å². The summed E-state index contributed by atoms with van der Waals surface area (Å²) in [5, 5.41) is 9.28. The van der Waals surface area contributed by atoms with E-state index in [2.05, 4.69) is 11.6 Å². The van der Waals surface area contributed by atoms with Crippen LogP contribution >= 0.6 is 11.6 Å². The number of amides is 1. The van der Waals surface area contributed by atoms with Gasteiger partial charge in [0.15, 0.2) is 0 Å². The molecule has 2 bridgehead atoms. The average Bonchev–Trinajstić information content (AvgIpc) is 2.86. The van der Waals surface area contributed by atoms with Gasteiger partial charge in [-0.2, -0.15) is 9.65 Å². The minimum atomic E-state index is -0.768. The fourth-order valence-electron chi connectivity index (χ4n) is 4.29. The molecule has 3 unspecified atom stereocenters. The van der Waals surface area contributed by atoms with Crippen LogP contribution in [-0.2, 0) is 14.2 Å². The first-order chi connectivity index (χ1) is 17.7. The normalized spacial score (nSPS) is 23.0. The maximum absolute atomic E-state index is 16.0. The number of halogens is 2. The molecule has 37 heavy (non-hydrogen) atoms. The van der Waals surface area contributed by atoms with Crippen molar-refractivity contribution in [1.82, 2.24) is 4.90 Å². The number of ether oxygens (including phenoxy) is 4. The van der Waals surface area contributed by atoms with E-state index in [-0.39, 0.29) is 52.4 Å². The number of nitrogens with zero attached hydrogens (tertiary/aromatic N) is 3. The lowest BCUT2D eigenvalue weighted by Gasteiger charge is -2.46. The van der Waals surface area contributed by atoms with Crippen molar-refractivity contribution in [1.29, 1.82) is 5.26 Å². The third kappa shape index (κ3) is 7.02. The molecule has 1 aromatic rings. The number of rotatable bonds is 8. The highest BCUT2D eigenvalue weighted by molar-refractivity contribution is 6.32. The van der Waals surface area contributed by atoms with Crippen molar-refractivity contribution in [2.75, 3.05) is 26.3 Å². The van der Waals surface area contributed by atoms with Gasteiger partial charge in [-0.05, 0) is 38.5 Å². The molecular formula is C27H33ClFN3O5. The van der Waals surface area contributed by atoms with Gasteiger partial charge in [-0.25, -0.2) is 9.79 Å². The lowest BCUT2D eigenvalue weighted by atomic mass is 9.84. The Bertz CT molecular complexity index is 1090. The van der Waals surface area contributed by atoms with Crippen LogP contribution in [0.2, 0.25) is 5.02 Å². The standard InChI is InChI=1S/C27H33ClFN3O5/c1-6-17(5)24(36-22-9-8-18(11-30)10-21(22)28)23(29)26(31-7-2)37-25-19-12-32(27(33)35-16(3)4)13-20(25)15-34-14-19/h7-10,16-17,19-20,25H,2,6,12-15H2,1,3-5H3. The number of likely N-dealkylation sites (tertiary alicyclic amines) is 1. The van der Waals surface area contributed by atoms with Crippen LogP contribution in [0.15, 0.2) is 47.6 Å². The van der Waals surface area contributed by atoms with E-state index in [0.717, 1.165) is 0 Å². The van der Waals surface area contributed by atoms with Crippen molar-refractivity contribution in [2.24, 2.45) is 22.7 Å². The van der Waals surface area contributed by atoms with Crippen LogP contribution in [0.5, 0.6) is 5.75 Å². The third-order valence-corrected chi connectivity index (χ3v) is 6.59. The number of carbonyl (C=O) groups excluding carboxylic acids is 1. The molecule has 3 rings (SSSR count). The first kappa shape index (κ1) is 28.5. The number of aliphatic imine (C=N–C) groups is 1. The van der Waals surface area contributed by atoms with Gasteiger partial charge in [-0.15, -0.1) is 0 Å². The number of fused-ring (bicyclic) bond motifs is 2. The van der Waals surface area contributed by atoms with Crippen LogP contribution in [0.3, 0.4) is 0 Å².